The van der Waals surface area contributed by atoms with Gasteiger partial charge in [-0.05, 0) is 69.0 Å². The molecule has 1 aliphatic carbocycles. The molecule has 0 saturated heterocycles. The summed E-state index contributed by atoms with van der Waals surface area (Å²) in [4.78, 5) is 23.3. The summed E-state index contributed by atoms with van der Waals surface area (Å²) in [6.45, 7) is 13.2. The quantitative estimate of drug-likeness (QED) is 0.133. The van der Waals surface area contributed by atoms with Gasteiger partial charge in [0.05, 0.1) is 25.2 Å². The molecule has 2 amide bonds. The Labute approximate surface area is 260 Å². The molecular formula is C35H45N4O5+. The fraction of sp³-hybridized carbons (Fsp3) is 0.400. The van der Waals surface area contributed by atoms with Crippen molar-refractivity contribution in [1.82, 2.24) is 15.2 Å². The van der Waals surface area contributed by atoms with Gasteiger partial charge in [-0.2, -0.15) is 0 Å². The fourth-order valence-electron chi connectivity index (χ4n) is 5.45. The van der Waals surface area contributed by atoms with Gasteiger partial charge in [-0.1, -0.05) is 48.5 Å². The molecule has 1 aromatic heterocycles. The van der Waals surface area contributed by atoms with E-state index in [2.05, 4.69) is 57.9 Å². The van der Waals surface area contributed by atoms with E-state index >= 15 is 0 Å². The number of ether oxygens (including phenoxy) is 3. The summed E-state index contributed by atoms with van der Waals surface area (Å²) in [6.07, 6.45) is 0.226. The zero-order valence-electron chi connectivity index (χ0n) is 26.7. The molecule has 0 fully saturated rings. The van der Waals surface area contributed by atoms with Crippen LogP contribution in [0.1, 0.15) is 57.5 Å². The second-order valence-electron chi connectivity index (χ2n) is 11.5. The zero-order valence-corrected chi connectivity index (χ0v) is 26.7. The fourth-order valence-corrected chi connectivity index (χ4v) is 5.45. The molecule has 44 heavy (non-hydrogen) atoms. The number of amides is 2. The third-order valence-electron chi connectivity index (χ3n) is 7.73. The summed E-state index contributed by atoms with van der Waals surface area (Å²) >= 11 is 0. The van der Waals surface area contributed by atoms with E-state index < -0.39 is 6.09 Å². The number of carbonyl (C=O) groups is 2. The topological polar surface area (TPSA) is 94.7 Å². The molecule has 1 heterocycles. The number of nitrogens with one attached hydrogen (secondary N) is 2. The van der Waals surface area contributed by atoms with Crippen molar-refractivity contribution < 1.29 is 28.4 Å². The number of carbonyl (C=O) groups excluding carboxylic acids is 2. The second-order valence-corrected chi connectivity index (χ2v) is 11.5. The van der Waals surface area contributed by atoms with E-state index in [0.717, 1.165) is 35.7 Å². The van der Waals surface area contributed by atoms with Crippen molar-refractivity contribution in [2.45, 2.75) is 65.8 Å². The first-order chi connectivity index (χ1) is 21.2. The van der Waals surface area contributed by atoms with Crippen LogP contribution in [0, 0.1) is 0 Å². The predicted molar refractivity (Wildman–Crippen MR) is 172 cm³/mol. The molecule has 0 radical (unpaired) electrons. The summed E-state index contributed by atoms with van der Waals surface area (Å²) in [5.41, 5.74) is 6.93. The summed E-state index contributed by atoms with van der Waals surface area (Å²) in [6, 6.07) is 22.6. The predicted octanol–water partition coefficient (Wildman–Crippen LogP) is 5.56. The number of imidazole rings is 1. The molecule has 0 unspecified atom stereocenters. The van der Waals surface area contributed by atoms with Gasteiger partial charge in [-0.25, -0.2) is 13.9 Å². The molecule has 0 bridgehead atoms. The first kappa shape index (κ1) is 32.5. The first-order valence-electron chi connectivity index (χ1n) is 15.2. The first-order valence-corrected chi connectivity index (χ1v) is 15.2. The second kappa shape index (κ2) is 14.9. The Hall–Kier alpha value is -4.37. The maximum absolute atomic E-state index is 12.8. The molecule has 3 aromatic carbocycles. The van der Waals surface area contributed by atoms with Crippen LogP contribution in [0.2, 0.25) is 0 Å². The third-order valence-corrected chi connectivity index (χ3v) is 7.73. The molecule has 9 heteroatoms. The minimum atomic E-state index is -0.436. The lowest BCUT2D eigenvalue weighted by Gasteiger charge is -2.14. The average molecular weight is 602 g/mol. The van der Waals surface area contributed by atoms with Crippen LogP contribution in [-0.4, -0.2) is 49.5 Å². The Morgan fingerprint density at radius 2 is 1.64 bits per heavy atom. The maximum Gasteiger partial charge on any atom is 0.407 e. The highest BCUT2D eigenvalue weighted by Crippen LogP contribution is 2.44. The highest BCUT2D eigenvalue weighted by Gasteiger charge is 2.29. The number of alkyl carbamates (subject to hydrolysis) is 1. The molecular weight excluding hydrogens is 556 g/mol. The van der Waals surface area contributed by atoms with Crippen molar-refractivity contribution >= 4 is 23.5 Å². The lowest BCUT2D eigenvalue weighted by molar-refractivity contribution is -0.676. The van der Waals surface area contributed by atoms with Gasteiger partial charge < -0.3 is 24.8 Å². The van der Waals surface area contributed by atoms with Gasteiger partial charge in [0.1, 0.15) is 25.5 Å². The largest absolute Gasteiger partial charge is 0.492 e. The molecule has 9 nitrogen and oxygen atoms in total. The normalized spacial score (nSPS) is 12.1. The Kier molecular flexibility index (Phi) is 11.0. The van der Waals surface area contributed by atoms with Crippen molar-refractivity contribution in [3.8, 4) is 16.9 Å². The summed E-state index contributed by atoms with van der Waals surface area (Å²) in [5, 5.41) is 5.57. The minimum absolute atomic E-state index is 0.0240. The summed E-state index contributed by atoms with van der Waals surface area (Å²) < 4.78 is 20.9. The SMILES string of the molecule is CCn1c(CNC(=O)OCC2c3ccccc3-c3ccccc32)[n+](CC)c2ccc(OCCNC=O)cc21.COC(C)(C)C. The molecule has 4 aromatic rings. The van der Waals surface area contributed by atoms with Gasteiger partial charge in [-0.3, -0.25) is 4.79 Å². The van der Waals surface area contributed by atoms with Gasteiger partial charge in [0.15, 0.2) is 11.0 Å². The van der Waals surface area contributed by atoms with E-state index in [1.54, 1.807) is 7.11 Å². The van der Waals surface area contributed by atoms with Gasteiger partial charge >= 0.3 is 6.09 Å². The Morgan fingerprint density at radius 3 is 2.20 bits per heavy atom. The van der Waals surface area contributed by atoms with E-state index in [1.165, 1.54) is 22.3 Å². The smallest absolute Gasteiger partial charge is 0.407 e. The molecule has 1 aliphatic rings. The highest BCUT2D eigenvalue weighted by molar-refractivity contribution is 5.79. The monoisotopic (exact) mass is 601 g/mol. The summed E-state index contributed by atoms with van der Waals surface area (Å²) in [7, 11) is 1.71. The van der Waals surface area contributed by atoms with E-state index in [1.807, 2.05) is 63.2 Å². The van der Waals surface area contributed by atoms with Crippen LogP contribution in [0.4, 0.5) is 4.79 Å². The number of hydrogen-bond donors (Lipinski definition) is 2. The van der Waals surface area contributed by atoms with Crippen LogP contribution in [0.25, 0.3) is 22.2 Å². The standard InChI is InChI=1S/C30H32N4O4.C5H12O/c1-3-33-27-14-13-21(37-16-15-31-20-35)17-28(27)34(4-2)29(33)18-32-30(36)38-19-26-24-11-7-5-9-22(24)23-10-6-8-12-25(23)26;1-5(2,3)6-4/h5-14,17,20,26H,3-4,15-16,18-19H2,1-2H3,(H-,31,32,35,36);1-4H3/p+1. The van der Waals surface area contributed by atoms with E-state index in [4.69, 9.17) is 14.2 Å². The van der Waals surface area contributed by atoms with Gasteiger partial charge in [0, 0.05) is 19.1 Å². The van der Waals surface area contributed by atoms with Crippen molar-refractivity contribution in [3.63, 3.8) is 0 Å². The Balaban J connectivity index is 0.000000670. The van der Waals surface area contributed by atoms with E-state index in [-0.39, 0.29) is 18.1 Å². The van der Waals surface area contributed by atoms with Crippen molar-refractivity contribution in [1.29, 1.82) is 0 Å². The number of rotatable bonds is 11. The van der Waals surface area contributed by atoms with Crippen LogP contribution in [-0.2, 0) is 33.9 Å². The van der Waals surface area contributed by atoms with Crippen LogP contribution in [0.3, 0.4) is 0 Å². The molecule has 0 aliphatic heterocycles. The van der Waals surface area contributed by atoms with Crippen molar-refractivity contribution in [2.24, 2.45) is 0 Å². The van der Waals surface area contributed by atoms with Gasteiger partial charge in [0.25, 0.3) is 5.82 Å². The Bertz CT molecular complexity index is 1530. The van der Waals surface area contributed by atoms with Gasteiger partial charge in [-0.15, -0.1) is 0 Å². The number of fused-ring (bicyclic) bond motifs is 4. The van der Waals surface area contributed by atoms with Crippen LogP contribution < -0.4 is 19.9 Å². The van der Waals surface area contributed by atoms with E-state index in [0.29, 0.717) is 26.1 Å². The lowest BCUT2D eigenvalue weighted by atomic mass is 9.98. The molecule has 0 atom stereocenters. The minimum Gasteiger partial charge on any atom is -0.492 e. The Morgan fingerprint density at radius 1 is 1.00 bits per heavy atom. The lowest BCUT2D eigenvalue weighted by Crippen LogP contribution is -2.40. The van der Waals surface area contributed by atoms with Crippen LogP contribution in [0.5, 0.6) is 5.75 Å². The number of nitrogens with zero attached hydrogens (tertiary/aromatic N) is 2. The zero-order chi connectivity index (χ0) is 31.7. The van der Waals surface area contributed by atoms with Crippen molar-refractivity contribution in [3.05, 3.63) is 83.7 Å². The number of methoxy groups -OCH3 is 1. The molecule has 5 rings (SSSR count). The van der Waals surface area contributed by atoms with E-state index in [9.17, 15) is 9.59 Å². The number of aryl methyl sites for hydroxylation is 2. The third kappa shape index (κ3) is 7.58. The number of aromatic nitrogens is 2. The molecule has 234 valence electrons. The van der Waals surface area contributed by atoms with Gasteiger partial charge in [0.2, 0.25) is 6.41 Å². The molecule has 2 N–H and O–H groups in total. The highest BCUT2D eigenvalue weighted by atomic mass is 16.5. The molecule has 0 saturated carbocycles. The number of benzene rings is 3. The maximum atomic E-state index is 12.8. The number of hydrogen-bond acceptors (Lipinski definition) is 5. The average Bonchev–Trinajstić information content (AvgIpc) is 3.52. The van der Waals surface area contributed by atoms with Crippen molar-refractivity contribution in [2.75, 3.05) is 26.9 Å². The molecule has 0 spiro atoms. The van der Waals surface area contributed by atoms with Crippen LogP contribution in [0.15, 0.2) is 66.7 Å². The van der Waals surface area contributed by atoms with Crippen LogP contribution >= 0.6 is 0 Å². The summed E-state index contributed by atoms with van der Waals surface area (Å²) in [5.74, 6) is 1.74.